The van der Waals surface area contributed by atoms with E-state index >= 15 is 0 Å². The number of aromatic nitrogens is 4. The van der Waals surface area contributed by atoms with Crippen LogP contribution in [0.1, 0.15) is 44.0 Å². The van der Waals surface area contributed by atoms with E-state index in [1.54, 1.807) is 6.07 Å². The number of piperidine rings is 1. The molecule has 10 nitrogen and oxygen atoms in total. The van der Waals surface area contributed by atoms with Crippen LogP contribution in [0.5, 0.6) is 0 Å². The average Bonchev–Trinajstić information content (AvgIpc) is 3.23. The Hall–Kier alpha value is -3.16. The van der Waals surface area contributed by atoms with Gasteiger partial charge in [0, 0.05) is 29.7 Å². The highest BCUT2D eigenvalue weighted by Crippen LogP contribution is 2.35. The number of carbonyl (C=O) groups is 2. The predicted molar refractivity (Wildman–Crippen MR) is 156 cm³/mol. The van der Waals surface area contributed by atoms with Crippen molar-refractivity contribution >= 4 is 52.1 Å². The molecule has 3 aromatic rings. The van der Waals surface area contributed by atoms with Crippen molar-refractivity contribution in [2.75, 3.05) is 44.2 Å². The Morgan fingerprint density at radius 3 is 2.51 bits per heavy atom. The molecule has 0 saturated carbocycles. The zero-order chi connectivity index (χ0) is 31.5. The highest BCUT2D eigenvalue weighted by Gasteiger charge is 2.38. The number of fused-ring (bicyclic) bond motifs is 1. The van der Waals surface area contributed by atoms with Gasteiger partial charge >= 0.3 is 18.1 Å². The second-order valence-electron chi connectivity index (χ2n) is 10.7. The van der Waals surface area contributed by atoms with Crippen LogP contribution in [0.15, 0.2) is 24.4 Å². The molecule has 0 spiro atoms. The van der Waals surface area contributed by atoms with Crippen LogP contribution in [-0.2, 0) is 14.3 Å². The van der Waals surface area contributed by atoms with Crippen molar-refractivity contribution in [1.82, 2.24) is 24.6 Å². The lowest BCUT2D eigenvalue weighted by Gasteiger charge is -2.46. The van der Waals surface area contributed by atoms with Crippen molar-refractivity contribution in [1.29, 1.82) is 0 Å². The summed E-state index contributed by atoms with van der Waals surface area (Å²) in [5.41, 5.74) is 3.33. The van der Waals surface area contributed by atoms with Crippen LogP contribution < -0.4 is 4.90 Å². The third-order valence-corrected chi connectivity index (χ3v) is 8.24. The molecule has 2 atom stereocenters. The van der Waals surface area contributed by atoms with Crippen LogP contribution in [0.3, 0.4) is 0 Å². The standard InChI is InChI=1S/C26H32Cl2N6O2.C2HF3O2/c1-4-36-24(35)15-32-9-5-6-18(12-32)19-13-33(14-19)23-11-29-25-16(2)31-34(26(25)30-23)17(3)21-8-7-20(27)10-22(21)28;3-2(4,5)1(6)7/h7-8,10-11,17-19H,4-6,9,12-15H2,1-3H3;(H,6,7)/t17-,18?;/m1./s1. The Bertz CT molecular complexity index is 1460. The highest BCUT2D eigenvalue weighted by molar-refractivity contribution is 6.35. The van der Waals surface area contributed by atoms with E-state index in [2.05, 4.69) is 16.7 Å². The van der Waals surface area contributed by atoms with E-state index in [1.165, 1.54) is 6.42 Å². The third kappa shape index (κ3) is 7.87. The van der Waals surface area contributed by atoms with E-state index in [1.807, 2.05) is 36.9 Å². The van der Waals surface area contributed by atoms with Gasteiger partial charge < -0.3 is 14.7 Å². The van der Waals surface area contributed by atoms with Gasteiger partial charge in [-0.1, -0.05) is 29.3 Å². The Morgan fingerprint density at radius 2 is 1.88 bits per heavy atom. The van der Waals surface area contributed by atoms with Gasteiger partial charge in [0.2, 0.25) is 0 Å². The van der Waals surface area contributed by atoms with Gasteiger partial charge in [0.1, 0.15) is 11.3 Å². The Morgan fingerprint density at radius 1 is 1.19 bits per heavy atom. The average molecular weight is 646 g/mol. The molecule has 5 rings (SSSR count). The summed E-state index contributed by atoms with van der Waals surface area (Å²) in [7, 11) is 0. The SMILES string of the molecule is CCOC(=O)CN1CCCC(C2CN(c3cnc4c(C)nn([C@H](C)c5ccc(Cl)cc5Cl)c4n3)C2)C1.O=C(O)C(F)(F)F. The molecule has 1 N–H and O–H groups in total. The molecule has 0 radical (unpaired) electrons. The maximum absolute atomic E-state index is 11.9. The van der Waals surface area contributed by atoms with Crippen molar-refractivity contribution in [3.8, 4) is 0 Å². The van der Waals surface area contributed by atoms with E-state index < -0.39 is 12.1 Å². The molecule has 4 heterocycles. The van der Waals surface area contributed by atoms with E-state index in [4.69, 9.17) is 52.9 Å². The Balaban J connectivity index is 0.000000541. The third-order valence-electron chi connectivity index (χ3n) is 7.68. The summed E-state index contributed by atoms with van der Waals surface area (Å²) < 4.78 is 38.8. The van der Waals surface area contributed by atoms with Crippen molar-refractivity contribution in [2.45, 2.75) is 45.8 Å². The van der Waals surface area contributed by atoms with E-state index in [0.717, 1.165) is 60.8 Å². The topological polar surface area (TPSA) is 114 Å². The number of esters is 1. The molecule has 0 bridgehead atoms. The van der Waals surface area contributed by atoms with Gasteiger partial charge in [-0.05, 0) is 69.7 Å². The molecule has 43 heavy (non-hydrogen) atoms. The Kier molecular flexibility index (Phi) is 10.4. The number of likely N-dealkylation sites (tertiary alicyclic amines) is 1. The van der Waals surface area contributed by atoms with Gasteiger partial charge in [-0.2, -0.15) is 18.3 Å². The normalized spacial score (nSPS) is 18.5. The van der Waals surface area contributed by atoms with Crippen LogP contribution in [0.4, 0.5) is 19.0 Å². The second-order valence-corrected chi connectivity index (χ2v) is 11.5. The first-order chi connectivity index (χ1) is 20.3. The van der Waals surface area contributed by atoms with Gasteiger partial charge in [-0.3, -0.25) is 9.69 Å². The number of rotatable bonds is 7. The molecular formula is C28H33Cl2F3N6O4. The number of hydrogen-bond donors (Lipinski definition) is 1. The first-order valence-electron chi connectivity index (χ1n) is 13.9. The van der Waals surface area contributed by atoms with Crippen LogP contribution in [0.25, 0.3) is 11.2 Å². The molecule has 1 aromatic carbocycles. The summed E-state index contributed by atoms with van der Waals surface area (Å²) in [6.07, 6.45) is -0.907. The number of nitrogens with zero attached hydrogens (tertiary/aromatic N) is 6. The minimum absolute atomic E-state index is 0.118. The van der Waals surface area contributed by atoms with E-state index in [-0.39, 0.29) is 12.0 Å². The van der Waals surface area contributed by atoms with E-state index in [9.17, 15) is 18.0 Å². The number of hydrogen-bond acceptors (Lipinski definition) is 8. The lowest BCUT2D eigenvalue weighted by molar-refractivity contribution is -0.192. The number of carbonyl (C=O) groups excluding carboxylic acids is 1. The van der Waals surface area contributed by atoms with Gasteiger partial charge in [-0.15, -0.1) is 0 Å². The predicted octanol–water partition coefficient (Wildman–Crippen LogP) is 5.40. The maximum Gasteiger partial charge on any atom is 0.490 e. The fourth-order valence-electron chi connectivity index (χ4n) is 5.44. The number of alkyl halides is 3. The maximum atomic E-state index is 11.9. The van der Waals surface area contributed by atoms with Crippen molar-refractivity contribution in [2.24, 2.45) is 11.8 Å². The first-order valence-corrected chi connectivity index (χ1v) is 14.6. The van der Waals surface area contributed by atoms with Gasteiger partial charge in [0.15, 0.2) is 5.65 Å². The number of benzene rings is 1. The molecule has 234 valence electrons. The molecular weight excluding hydrogens is 612 g/mol. The van der Waals surface area contributed by atoms with Crippen molar-refractivity contribution in [3.63, 3.8) is 0 Å². The van der Waals surface area contributed by atoms with Crippen LogP contribution in [-0.4, -0.2) is 87.2 Å². The number of aryl methyl sites for hydroxylation is 1. The van der Waals surface area contributed by atoms with E-state index in [0.29, 0.717) is 35.0 Å². The number of carboxylic acids is 1. The minimum atomic E-state index is -5.08. The lowest BCUT2D eigenvalue weighted by atomic mass is 9.80. The molecule has 2 saturated heterocycles. The zero-order valence-corrected chi connectivity index (χ0v) is 25.5. The number of halogens is 5. The fourth-order valence-corrected chi connectivity index (χ4v) is 6.01. The van der Waals surface area contributed by atoms with Crippen molar-refractivity contribution in [3.05, 3.63) is 45.7 Å². The molecule has 15 heteroatoms. The summed E-state index contributed by atoms with van der Waals surface area (Å²) in [4.78, 5) is 35.0. The molecule has 2 aromatic heterocycles. The number of carboxylic acid groups (broad SMARTS) is 1. The second kappa shape index (κ2) is 13.6. The smallest absolute Gasteiger partial charge is 0.475 e. The van der Waals surface area contributed by atoms with Gasteiger partial charge in [0.05, 0.1) is 31.1 Å². The molecule has 2 aliphatic rings. The monoisotopic (exact) mass is 644 g/mol. The largest absolute Gasteiger partial charge is 0.490 e. The lowest BCUT2D eigenvalue weighted by Crippen LogP contribution is -2.54. The summed E-state index contributed by atoms with van der Waals surface area (Å²) in [5, 5.41) is 13.1. The molecule has 0 aliphatic carbocycles. The summed E-state index contributed by atoms with van der Waals surface area (Å²) in [6.45, 7) is 10.5. The highest BCUT2D eigenvalue weighted by atomic mass is 35.5. The summed E-state index contributed by atoms with van der Waals surface area (Å²) >= 11 is 12.6. The number of aliphatic carboxylic acids is 1. The minimum Gasteiger partial charge on any atom is -0.475 e. The van der Waals surface area contributed by atoms with Crippen molar-refractivity contribution < 1.29 is 32.6 Å². The first kappa shape index (κ1) is 32.7. The zero-order valence-electron chi connectivity index (χ0n) is 23.9. The molecule has 1 unspecified atom stereocenters. The van der Waals surface area contributed by atoms with Gasteiger partial charge in [0.25, 0.3) is 0 Å². The molecule has 2 aliphatic heterocycles. The number of anilines is 1. The fraction of sp³-hybridized carbons (Fsp3) is 0.536. The summed E-state index contributed by atoms with van der Waals surface area (Å²) in [5.74, 6) is -0.842. The van der Waals surface area contributed by atoms with Crippen LogP contribution in [0.2, 0.25) is 10.0 Å². The van der Waals surface area contributed by atoms with Crippen LogP contribution >= 0.6 is 23.2 Å². The van der Waals surface area contributed by atoms with Crippen LogP contribution in [0, 0.1) is 18.8 Å². The summed E-state index contributed by atoms with van der Waals surface area (Å²) in [6, 6.07) is 5.41. The number of ether oxygens (including phenoxy) is 1. The molecule has 0 amide bonds. The molecule has 2 fully saturated rings. The quantitative estimate of drug-likeness (QED) is 0.338. The van der Waals surface area contributed by atoms with Gasteiger partial charge in [-0.25, -0.2) is 19.4 Å². The Labute approximate surface area is 256 Å².